The molecule has 0 N–H and O–H groups in total. The van der Waals surface area contributed by atoms with E-state index in [2.05, 4.69) is 9.97 Å². The second-order valence-corrected chi connectivity index (χ2v) is 10.2. The molecule has 1 aliphatic heterocycles. The van der Waals surface area contributed by atoms with E-state index in [0.29, 0.717) is 48.1 Å². The third-order valence-corrected chi connectivity index (χ3v) is 7.42. The van der Waals surface area contributed by atoms with Crippen LogP contribution in [0.1, 0.15) is 29.3 Å². The monoisotopic (exact) mass is 593 g/mol. The predicted molar refractivity (Wildman–Crippen MR) is 153 cm³/mol. The molecule has 3 aromatic heterocycles. The Morgan fingerprint density at radius 1 is 1.07 bits per heavy atom. The fourth-order valence-electron chi connectivity index (χ4n) is 5.29. The van der Waals surface area contributed by atoms with E-state index in [1.54, 1.807) is 29.1 Å². The zero-order chi connectivity index (χ0) is 30.5. The minimum atomic E-state index is -1.18. The Kier molecular flexibility index (Phi) is 9.39. The summed E-state index contributed by atoms with van der Waals surface area (Å²) >= 11 is 0. The normalized spacial score (nSPS) is 16.9. The second-order valence-electron chi connectivity index (χ2n) is 10.2. The molecule has 4 aromatic rings. The van der Waals surface area contributed by atoms with Crippen molar-refractivity contribution in [3.05, 3.63) is 83.4 Å². The van der Waals surface area contributed by atoms with Crippen LogP contribution in [0.3, 0.4) is 0 Å². The SMILES string of the molecule is COCCN1C[C@@H](CC(=O)Cc2c(C)c(-c3cnc(OC)c(OC)c3)nn2-c2ccccc2)[C@H](c2cnc(F)c(F)c2)O1. The summed E-state index contributed by atoms with van der Waals surface area (Å²) in [6, 6.07) is 12.4. The Morgan fingerprint density at radius 3 is 2.56 bits per heavy atom. The number of hydroxylamine groups is 2. The van der Waals surface area contributed by atoms with Gasteiger partial charge in [-0.2, -0.15) is 14.6 Å². The molecule has 0 aliphatic carbocycles. The van der Waals surface area contributed by atoms with E-state index in [1.165, 1.54) is 20.4 Å². The highest BCUT2D eigenvalue weighted by atomic mass is 19.2. The average Bonchev–Trinajstić information content (AvgIpc) is 3.57. The van der Waals surface area contributed by atoms with Gasteiger partial charge in [-0.25, -0.2) is 19.0 Å². The summed E-state index contributed by atoms with van der Waals surface area (Å²) in [5, 5.41) is 6.58. The molecular formula is C31H33F2N5O5. The number of benzene rings is 1. The number of carbonyl (C=O) groups excluding carboxylic acids is 1. The van der Waals surface area contributed by atoms with Crippen LogP contribution in [0.4, 0.5) is 8.78 Å². The van der Waals surface area contributed by atoms with E-state index in [9.17, 15) is 13.6 Å². The first-order chi connectivity index (χ1) is 20.8. The van der Waals surface area contributed by atoms with Crippen molar-refractivity contribution >= 4 is 5.78 Å². The number of para-hydroxylation sites is 1. The highest BCUT2D eigenvalue weighted by Crippen LogP contribution is 2.37. The maximum absolute atomic E-state index is 14.1. The second kappa shape index (κ2) is 13.4. The van der Waals surface area contributed by atoms with E-state index >= 15 is 0 Å². The van der Waals surface area contributed by atoms with Gasteiger partial charge in [-0.05, 0) is 36.8 Å². The predicted octanol–water partition coefficient (Wildman–Crippen LogP) is 4.69. The van der Waals surface area contributed by atoms with Crippen molar-refractivity contribution < 1.29 is 32.6 Å². The van der Waals surface area contributed by atoms with Crippen molar-refractivity contribution in [2.45, 2.75) is 25.9 Å². The first kappa shape index (κ1) is 30.2. The fourth-order valence-corrected chi connectivity index (χ4v) is 5.29. The number of hydrogen-bond donors (Lipinski definition) is 0. The van der Waals surface area contributed by atoms with Gasteiger partial charge in [-0.3, -0.25) is 9.63 Å². The lowest BCUT2D eigenvalue weighted by molar-refractivity contribution is -0.155. The molecule has 43 heavy (non-hydrogen) atoms. The highest BCUT2D eigenvalue weighted by Gasteiger charge is 2.37. The summed E-state index contributed by atoms with van der Waals surface area (Å²) in [6.07, 6.45) is 2.46. The average molecular weight is 594 g/mol. The lowest BCUT2D eigenvalue weighted by Crippen LogP contribution is -2.24. The van der Waals surface area contributed by atoms with Crippen LogP contribution in [-0.2, 0) is 20.8 Å². The molecule has 0 saturated carbocycles. The molecule has 1 aliphatic rings. The largest absolute Gasteiger partial charge is 0.491 e. The van der Waals surface area contributed by atoms with Crippen LogP contribution >= 0.6 is 0 Å². The maximum Gasteiger partial charge on any atom is 0.256 e. The van der Waals surface area contributed by atoms with E-state index in [1.807, 2.05) is 37.3 Å². The van der Waals surface area contributed by atoms with Gasteiger partial charge in [0.25, 0.3) is 5.88 Å². The number of ketones is 1. The Labute approximate surface area is 248 Å². The van der Waals surface area contributed by atoms with Crippen molar-refractivity contribution in [2.75, 3.05) is 41.0 Å². The molecule has 4 heterocycles. The molecule has 1 fully saturated rings. The van der Waals surface area contributed by atoms with Crippen LogP contribution in [0.5, 0.6) is 11.6 Å². The fraction of sp³-hybridized carbons (Fsp3) is 0.355. The molecule has 1 saturated heterocycles. The smallest absolute Gasteiger partial charge is 0.256 e. The van der Waals surface area contributed by atoms with E-state index in [-0.39, 0.29) is 24.5 Å². The maximum atomic E-state index is 14.1. The molecule has 10 nitrogen and oxygen atoms in total. The van der Waals surface area contributed by atoms with Crippen molar-refractivity contribution in [2.24, 2.45) is 5.92 Å². The van der Waals surface area contributed by atoms with Crippen molar-refractivity contribution in [1.82, 2.24) is 24.8 Å². The number of pyridine rings is 2. The van der Waals surface area contributed by atoms with Gasteiger partial charge in [0.2, 0.25) is 5.95 Å². The van der Waals surface area contributed by atoms with E-state index in [0.717, 1.165) is 23.0 Å². The summed E-state index contributed by atoms with van der Waals surface area (Å²) in [5.41, 5.74) is 4.07. The van der Waals surface area contributed by atoms with Crippen molar-refractivity contribution in [3.63, 3.8) is 0 Å². The number of halogens is 2. The number of Topliss-reactive ketones (excluding diaryl/α,β-unsaturated/α-hetero) is 1. The van der Waals surface area contributed by atoms with Crippen molar-refractivity contribution in [1.29, 1.82) is 0 Å². The Morgan fingerprint density at radius 2 is 1.86 bits per heavy atom. The van der Waals surface area contributed by atoms with Crippen LogP contribution in [0.15, 0.2) is 54.9 Å². The molecule has 5 rings (SSSR count). The van der Waals surface area contributed by atoms with E-state index in [4.69, 9.17) is 24.1 Å². The Balaban J connectivity index is 1.45. The third kappa shape index (κ3) is 6.56. The van der Waals surface area contributed by atoms with Crippen LogP contribution < -0.4 is 9.47 Å². The summed E-state index contributed by atoms with van der Waals surface area (Å²) in [6.45, 7) is 3.20. The number of ether oxygens (including phenoxy) is 3. The molecule has 1 aromatic carbocycles. The van der Waals surface area contributed by atoms with Gasteiger partial charge in [-0.1, -0.05) is 18.2 Å². The minimum absolute atomic E-state index is 0.0556. The number of aromatic nitrogens is 4. The van der Waals surface area contributed by atoms with E-state index < -0.39 is 17.9 Å². The first-order valence-corrected chi connectivity index (χ1v) is 13.8. The summed E-state index contributed by atoms with van der Waals surface area (Å²) in [7, 11) is 4.64. The van der Waals surface area contributed by atoms with Gasteiger partial charge in [0, 0.05) is 62.5 Å². The minimum Gasteiger partial charge on any atom is -0.491 e. The molecule has 2 atom stereocenters. The van der Waals surface area contributed by atoms with Crippen LogP contribution in [0.2, 0.25) is 0 Å². The molecule has 0 amide bonds. The molecule has 0 radical (unpaired) electrons. The van der Waals surface area contributed by atoms with Crippen LogP contribution in [0.25, 0.3) is 16.9 Å². The van der Waals surface area contributed by atoms with Crippen LogP contribution in [-0.4, -0.2) is 71.6 Å². The highest BCUT2D eigenvalue weighted by molar-refractivity contribution is 5.82. The molecule has 0 spiro atoms. The summed E-state index contributed by atoms with van der Waals surface area (Å²) in [5.74, 6) is -1.81. The van der Waals surface area contributed by atoms with Gasteiger partial charge in [0.15, 0.2) is 11.6 Å². The quantitative estimate of drug-likeness (QED) is 0.217. The lowest BCUT2D eigenvalue weighted by Gasteiger charge is -2.17. The van der Waals surface area contributed by atoms with Gasteiger partial charge in [-0.15, -0.1) is 0 Å². The van der Waals surface area contributed by atoms with Crippen LogP contribution in [0, 0.1) is 24.6 Å². The van der Waals surface area contributed by atoms with Gasteiger partial charge in [0.1, 0.15) is 11.9 Å². The number of nitrogens with zero attached hydrogens (tertiary/aromatic N) is 5. The molecule has 0 bridgehead atoms. The number of methoxy groups -OCH3 is 3. The Bertz CT molecular complexity index is 1580. The molecule has 12 heteroatoms. The Hall–Kier alpha value is -4.26. The van der Waals surface area contributed by atoms with Gasteiger partial charge >= 0.3 is 0 Å². The van der Waals surface area contributed by atoms with Gasteiger partial charge in [0.05, 0.1) is 37.9 Å². The van der Waals surface area contributed by atoms with Gasteiger partial charge < -0.3 is 14.2 Å². The molecule has 0 unspecified atom stereocenters. The summed E-state index contributed by atoms with van der Waals surface area (Å²) < 4.78 is 45.3. The number of carbonyl (C=O) groups is 1. The molecular weight excluding hydrogens is 560 g/mol. The first-order valence-electron chi connectivity index (χ1n) is 13.8. The standard InChI is InChI=1S/C31H33F2N5O5/c1-19-26(38(23-8-6-5-7-9-23)36-28(19)20-14-27(41-3)31(42-4)35-16-20)15-24(39)12-22-18-37(10-11-40-2)43-29(22)21-13-25(32)30(33)34-17-21/h5-9,13-14,16-17,22,29H,10-12,15,18H2,1-4H3/t22-,29+/m1/s1. The lowest BCUT2D eigenvalue weighted by atomic mass is 9.91. The topological polar surface area (TPSA) is 101 Å². The number of rotatable bonds is 12. The zero-order valence-corrected chi connectivity index (χ0v) is 24.4. The van der Waals surface area contributed by atoms with Crippen molar-refractivity contribution in [3.8, 4) is 28.6 Å². The third-order valence-electron chi connectivity index (χ3n) is 7.42. The summed E-state index contributed by atoms with van der Waals surface area (Å²) in [4.78, 5) is 27.6. The molecule has 226 valence electrons. The number of hydrogen-bond acceptors (Lipinski definition) is 9. The zero-order valence-electron chi connectivity index (χ0n) is 24.4.